The summed E-state index contributed by atoms with van der Waals surface area (Å²) < 4.78 is 7.84. The van der Waals surface area contributed by atoms with E-state index in [4.69, 9.17) is 4.74 Å². The molecule has 1 aromatic carbocycles. The fourth-order valence-electron chi connectivity index (χ4n) is 2.07. The number of nitrogens with zero attached hydrogens (tertiary/aromatic N) is 2. The van der Waals surface area contributed by atoms with E-state index in [1.165, 1.54) is 4.90 Å². The molecule has 0 saturated carbocycles. The molecule has 21 heavy (non-hydrogen) atoms. The van der Waals surface area contributed by atoms with Gasteiger partial charge in [-0.2, -0.15) is 5.10 Å². The minimum Gasteiger partial charge on any atom is -0.439 e. The predicted molar refractivity (Wildman–Crippen MR) is 88.2 cm³/mol. The van der Waals surface area contributed by atoms with Gasteiger partial charge in [0.25, 0.3) is 0 Å². The molecule has 0 spiro atoms. The second-order valence-electron chi connectivity index (χ2n) is 5.31. The van der Waals surface area contributed by atoms with Crippen LogP contribution in [0.5, 0.6) is 11.6 Å². The molecule has 114 valence electrons. The molecular formula is C16H23N3OS. The molecule has 2 aromatic rings. The molecule has 5 heteroatoms. The van der Waals surface area contributed by atoms with E-state index in [2.05, 4.69) is 42.7 Å². The molecule has 0 radical (unpaired) electrons. The molecule has 0 aliphatic heterocycles. The topological polar surface area (TPSA) is 39.1 Å². The van der Waals surface area contributed by atoms with Gasteiger partial charge in [-0.3, -0.25) is 0 Å². The first-order valence-electron chi connectivity index (χ1n) is 7.09. The Morgan fingerprint density at radius 3 is 2.52 bits per heavy atom. The zero-order chi connectivity index (χ0) is 15.4. The highest BCUT2D eigenvalue weighted by Gasteiger charge is 2.15. The number of hydrogen-bond acceptors (Lipinski definition) is 4. The summed E-state index contributed by atoms with van der Waals surface area (Å²) in [5.74, 6) is 1.64. The number of aromatic nitrogens is 2. The van der Waals surface area contributed by atoms with E-state index in [0.717, 1.165) is 29.4 Å². The van der Waals surface area contributed by atoms with Gasteiger partial charge in [-0.05, 0) is 37.4 Å². The van der Waals surface area contributed by atoms with E-state index < -0.39 is 0 Å². The Morgan fingerprint density at radius 2 is 1.95 bits per heavy atom. The third-order valence-corrected chi connectivity index (χ3v) is 3.99. The first-order chi connectivity index (χ1) is 10.0. The van der Waals surface area contributed by atoms with Crippen LogP contribution in [0.4, 0.5) is 0 Å². The lowest BCUT2D eigenvalue weighted by molar-refractivity contribution is 0.422. The van der Waals surface area contributed by atoms with Crippen molar-refractivity contribution < 1.29 is 4.74 Å². The van der Waals surface area contributed by atoms with E-state index in [-0.39, 0.29) is 0 Å². The number of thioether (sulfide) groups is 1. The molecule has 0 aliphatic rings. The van der Waals surface area contributed by atoms with Crippen LogP contribution >= 0.6 is 11.8 Å². The van der Waals surface area contributed by atoms with Crippen LogP contribution in [0.3, 0.4) is 0 Å². The van der Waals surface area contributed by atoms with Gasteiger partial charge in [0.15, 0.2) is 0 Å². The number of ether oxygens (including phenoxy) is 1. The number of aryl methyl sites for hydroxylation is 2. The van der Waals surface area contributed by atoms with Crippen LogP contribution in [0, 0.1) is 6.92 Å². The summed E-state index contributed by atoms with van der Waals surface area (Å²) in [6.45, 7) is 7.04. The second kappa shape index (κ2) is 7.00. The number of rotatable bonds is 6. The molecule has 1 N–H and O–H groups in total. The Kier molecular flexibility index (Phi) is 5.31. The summed E-state index contributed by atoms with van der Waals surface area (Å²) in [5.41, 5.74) is 2.11. The maximum absolute atomic E-state index is 6.04. The van der Waals surface area contributed by atoms with Gasteiger partial charge >= 0.3 is 0 Å². The summed E-state index contributed by atoms with van der Waals surface area (Å²) in [5, 5.41) is 7.89. The van der Waals surface area contributed by atoms with Crippen LogP contribution in [0.25, 0.3) is 0 Å². The molecule has 0 unspecified atom stereocenters. The highest BCUT2D eigenvalue weighted by atomic mass is 32.2. The number of hydrogen-bond donors (Lipinski definition) is 1. The summed E-state index contributed by atoms with van der Waals surface area (Å²) in [6, 6.07) is 8.55. The van der Waals surface area contributed by atoms with Crippen molar-refractivity contribution in [3.05, 3.63) is 35.5 Å². The molecule has 0 atom stereocenters. The zero-order valence-corrected chi connectivity index (χ0v) is 14.1. The lowest BCUT2D eigenvalue weighted by Crippen LogP contribution is -2.22. The first-order valence-corrected chi connectivity index (χ1v) is 8.31. The van der Waals surface area contributed by atoms with Gasteiger partial charge in [-0.25, -0.2) is 4.68 Å². The van der Waals surface area contributed by atoms with Gasteiger partial charge in [-0.15, -0.1) is 11.8 Å². The van der Waals surface area contributed by atoms with Crippen LogP contribution in [0.15, 0.2) is 29.2 Å². The molecule has 0 aliphatic carbocycles. The second-order valence-corrected chi connectivity index (χ2v) is 6.19. The number of nitrogens with one attached hydrogen (secondary N) is 1. The molecular weight excluding hydrogens is 282 g/mol. The third kappa shape index (κ3) is 4.02. The van der Waals surface area contributed by atoms with Gasteiger partial charge < -0.3 is 10.1 Å². The monoisotopic (exact) mass is 305 g/mol. The molecule has 4 nitrogen and oxygen atoms in total. The lowest BCUT2D eigenvalue weighted by Gasteiger charge is -2.11. The Bertz CT molecular complexity index is 590. The van der Waals surface area contributed by atoms with Crippen molar-refractivity contribution in [3.63, 3.8) is 0 Å². The van der Waals surface area contributed by atoms with Gasteiger partial charge in [0.05, 0.1) is 11.3 Å². The largest absolute Gasteiger partial charge is 0.439 e. The highest BCUT2D eigenvalue weighted by molar-refractivity contribution is 7.98. The Morgan fingerprint density at radius 1 is 1.29 bits per heavy atom. The molecule has 0 amide bonds. The van der Waals surface area contributed by atoms with E-state index in [1.807, 2.05) is 26.1 Å². The molecule has 1 aromatic heterocycles. The van der Waals surface area contributed by atoms with Gasteiger partial charge in [-0.1, -0.05) is 13.8 Å². The van der Waals surface area contributed by atoms with Gasteiger partial charge in [0.2, 0.25) is 5.88 Å². The van der Waals surface area contributed by atoms with Crippen LogP contribution in [-0.2, 0) is 13.6 Å². The molecule has 2 rings (SSSR count). The lowest BCUT2D eigenvalue weighted by atomic mass is 10.2. The molecule has 0 saturated heterocycles. The van der Waals surface area contributed by atoms with Crippen molar-refractivity contribution in [1.82, 2.24) is 15.1 Å². The van der Waals surface area contributed by atoms with Crippen molar-refractivity contribution in [3.8, 4) is 11.6 Å². The SMILES string of the molecule is CSc1ccc(Oc2c(CNC(C)C)c(C)nn2C)cc1. The van der Waals surface area contributed by atoms with E-state index in [0.29, 0.717) is 6.04 Å². The van der Waals surface area contributed by atoms with E-state index in [9.17, 15) is 0 Å². The smallest absolute Gasteiger partial charge is 0.222 e. The maximum atomic E-state index is 6.04. The van der Waals surface area contributed by atoms with Crippen molar-refractivity contribution in [2.75, 3.05) is 6.26 Å². The average molecular weight is 305 g/mol. The maximum Gasteiger partial charge on any atom is 0.222 e. The van der Waals surface area contributed by atoms with E-state index >= 15 is 0 Å². The Labute approximate surface area is 130 Å². The minimum atomic E-state index is 0.429. The zero-order valence-electron chi connectivity index (χ0n) is 13.3. The average Bonchev–Trinajstić information content (AvgIpc) is 2.72. The van der Waals surface area contributed by atoms with Crippen molar-refractivity contribution in [2.45, 2.75) is 38.3 Å². The van der Waals surface area contributed by atoms with Crippen LogP contribution in [0.1, 0.15) is 25.1 Å². The first kappa shape index (κ1) is 15.9. The highest BCUT2D eigenvalue weighted by Crippen LogP contribution is 2.28. The van der Waals surface area contributed by atoms with Crippen molar-refractivity contribution in [2.24, 2.45) is 7.05 Å². The summed E-state index contributed by atoms with van der Waals surface area (Å²) in [4.78, 5) is 1.23. The normalized spacial score (nSPS) is 11.1. The van der Waals surface area contributed by atoms with Crippen molar-refractivity contribution in [1.29, 1.82) is 0 Å². The Hall–Kier alpha value is -1.46. The summed E-state index contributed by atoms with van der Waals surface area (Å²) in [6.07, 6.45) is 2.07. The standard InChI is InChI=1S/C16H23N3OS/c1-11(2)17-10-15-12(3)18-19(4)16(15)20-13-6-8-14(21-5)9-7-13/h6-9,11,17H,10H2,1-5H3. The predicted octanol–water partition coefficient (Wildman–Crippen LogP) is 3.74. The third-order valence-electron chi connectivity index (χ3n) is 3.25. The summed E-state index contributed by atoms with van der Waals surface area (Å²) >= 11 is 1.72. The minimum absolute atomic E-state index is 0.429. The fourth-order valence-corrected chi connectivity index (χ4v) is 2.48. The van der Waals surface area contributed by atoms with E-state index in [1.54, 1.807) is 16.4 Å². The quantitative estimate of drug-likeness (QED) is 0.825. The molecule has 0 fully saturated rings. The van der Waals surface area contributed by atoms with Crippen LogP contribution < -0.4 is 10.1 Å². The number of benzene rings is 1. The van der Waals surface area contributed by atoms with Gasteiger partial charge in [0, 0.05) is 24.5 Å². The van der Waals surface area contributed by atoms with Crippen molar-refractivity contribution >= 4 is 11.8 Å². The van der Waals surface area contributed by atoms with Crippen LogP contribution in [-0.4, -0.2) is 22.1 Å². The fraction of sp³-hybridized carbons (Fsp3) is 0.438. The molecule has 0 bridgehead atoms. The molecule has 1 heterocycles. The van der Waals surface area contributed by atoms with Gasteiger partial charge in [0.1, 0.15) is 5.75 Å². The summed E-state index contributed by atoms with van der Waals surface area (Å²) in [7, 11) is 1.91. The Balaban J connectivity index is 2.21. The van der Waals surface area contributed by atoms with Crippen LogP contribution in [0.2, 0.25) is 0 Å².